The average Bonchev–Trinajstić information content (AvgIpc) is 3.24. The summed E-state index contributed by atoms with van der Waals surface area (Å²) >= 11 is 0. The van der Waals surface area contributed by atoms with Crippen LogP contribution in [0.5, 0.6) is 5.75 Å². The van der Waals surface area contributed by atoms with Gasteiger partial charge >= 0.3 is 0 Å². The SMILES string of the molecule is CN(C(=O)Cc1ccc2c(c1)NC(=O)CS2(=O)=O)[C@H](CN1CC[C@H](O)C1)c1cccc(OCC(N)=O)c1. The highest BCUT2D eigenvalue weighted by Gasteiger charge is 2.31. The molecular weight excluding hydrogens is 500 g/mol. The molecule has 11 nitrogen and oxygen atoms in total. The van der Waals surface area contributed by atoms with Crippen molar-refractivity contribution in [2.45, 2.75) is 29.9 Å². The average molecular weight is 531 g/mol. The second-order valence-corrected chi connectivity index (χ2v) is 11.3. The number of carbonyl (C=O) groups excluding carboxylic acids is 3. The van der Waals surface area contributed by atoms with Crippen LogP contribution in [0.1, 0.15) is 23.6 Å². The summed E-state index contributed by atoms with van der Waals surface area (Å²) in [5.41, 5.74) is 6.69. The van der Waals surface area contributed by atoms with Gasteiger partial charge in [-0.25, -0.2) is 8.42 Å². The number of likely N-dealkylation sites (N-methyl/N-ethyl adjacent to an activating group) is 1. The quantitative estimate of drug-likeness (QED) is 0.411. The number of anilines is 1. The zero-order valence-corrected chi connectivity index (χ0v) is 21.2. The number of rotatable bonds is 9. The van der Waals surface area contributed by atoms with Crippen LogP contribution in [-0.2, 0) is 30.6 Å². The van der Waals surface area contributed by atoms with E-state index in [1.165, 1.54) is 12.1 Å². The first-order valence-electron chi connectivity index (χ1n) is 11.8. The van der Waals surface area contributed by atoms with Crippen LogP contribution in [0.4, 0.5) is 5.69 Å². The van der Waals surface area contributed by atoms with Crippen molar-refractivity contribution in [3.05, 3.63) is 53.6 Å². The van der Waals surface area contributed by atoms with E-state index < -0.39 is 39.6 Å². The Morgan fingerprint density at radius 2 is 2.05 bits per heavy atom. The minimum atomic E-state index is -3.71. The zero-order chi connectivity index (χ0) is 26.7. The molecule has 37 heavy (non-hydrogen) atoms. The number of nitrogens with zero attached hydrogens (tertiary/aromatic N) is 2. The van der Waals surface area contributed by atoms with E-state index in [1.54, 1.807) is 36.2 Å². The number of fused-ring (bicyclic) bond motifs is 1. The molecule has 0 aromatic heterocycles. The molecule has 2 heterocycles. The number of β-amino-alcohol motifs (C(OH)–C–C–N with tert-alkyl or cyclic N) is 1. The van der Waals surface area contributed by atoms with Crippen LogP contribution in [-0.4, -0.2) is 86.2 Å². The fraction of sp³-hybridized carbons (Fsp3) is 0.400. The lowest BCUT2D eigenvalue weighted by atomic mass is 10.0. The number of nitrogens with one attached hydrogen (secondary N) is 1. The maximum Gasteiger partial charge on any atom is 0.255 e. The molecule has 2 aliphatic rings. The van der Waals surface area contributed by atoms with E-state index in [1.807, 2.05) is 6.07 Å². The van der Waals surface area contributed by atoms with Crippen LogP contribution in [0, 0.1) is 0 Å². The van der Waals surface area contributed by atoms with Crippen molar-refractivity contribution < 1.29 is 32.6 Å². The second kappa shape index (κ2) is 10.9. The summed E-state index contributed by atoms with van der Waals surface area (Å²) in [6.45, 7) is 1.38. The molecule has 0 unspecified atom stereocenters. The molecule has 0 bridgehead atoms. The van der Waals surface area contributed by atoms with Crippen LogP contribution in [0.3, 0.4) is 0 Å². The molecule has 2 atom stereocenters. The number of hydrogen-bond acceptors (Lipinski definition) is 8. The maximum atomic E-state index is 13.4. The summed E-state index contributed by atoms with van der Waals surface area (Å²) in [4.78, 5) is 40.0. The van der Waals surface area contributed by atoms with Crippen molar-refractivity contribution in [1.29, 1.82) is 0 Å². The van der Waals surface area contributed by atoms with E-state index in [-0.39, 0.29) is 29.5 Å². The fourth-order valence-corrected chi connectivity index (χ4v) is 5.90. The monoisotopic (exact) mass is 530 g/mol. The van der Waals surface area contributed by atoms with Crippen LogP contribution in [0.25, 0.3) is 0 Å². The van der Waals surface area contributed by atoms with Crippen LogP contribution >= 0.6 is 0 Å². The summed E-state index contributed by atoms with van der Waals surface area (Å²) in [5, 5.41) is 12.6. The van der Waals surface area contributed by atoms with Gasteiger partial charge in [-0.1, -0.05) is 18.2 Å². The maximum absolute atomic E-state index is 13.4. The van der Waals surface area contributed by atoms with Crippen molar-refractivity contribution in [1.82, 2.24) is 9.80 Å². The summed E-state index contributed by atoms with van der Waals surface area (Å²) in [5.74, 6) is -1.60. The molecular formula is C25H30N4O7S. The number of amides is 3. The molecule has 2 aromatic rings. The van der Waals surface area contributed by atoms with Gasteiger partial charge in [-0.15, -0.1) is 0 Å². The first-order valence-corrected chi connectivity index (χ1v) is 13.5. The predicted molar refractivity (Wildman–Crippen MR) is 135 cm³/mol. The number of aliphatic hydroxyl groups excluding tert-OH is 1. The minimum absolute atomic E-state index is 0.0172. The van der Waals surface area contributed by atoms with Crippen molar-refractivity contribution in [3.63, 3.8) is 0 Å². The summed E-state index contributed by atoms with van der Waals surface area (Å²) in [6.07, 6.45) is 0.209. The first kappa shape index (κ1) is 26.6. The van der Waals surface area contributed by atoms with Crippen molar-refractivity contribution in [2.75, 3.05) is 44.4 Å². The highest BCUT2D eigenvalue weighted by Crippen LogP contribution is 2.30. The van der Waals surface area contributed by atoms with Crippen molar-refractivity contribution in [2.24, 2.45) is 5.73 Å². The van der Waals surface area contributed by atoms with E-state index in [2.05, 4.69) is 10.2 Å². The zero-order valence-electron chi connectivity index (χ0n) is 20.4. The predicted octanol–water partition coefficient (Wildman–Crippen LogP) is 0.0853. The van der Waals surface area contributed by atoms with Gasteiger partial charge in [-0.3, -0.25) is 19.3 Å². The molecule has 4 rings (SSSR count). The lowest BCUT2D eigenvalue weighted by Gasteiger charge is -2.32. The number of primary amides is 1. The van der Waals surface area contributed by atoms with E-state index in [0.29, 0.717) is 37.4 Å². The summed E-state index contributed by atoms with van der Waals surface area (Å²) in [6, 6.07) is 11.2. The normalized spacial score (nSPS) is 19.5. The standard InChI is InChI=1S/C25H30N4O7S/c1-28(25(33)10-16-5-6-22-20(9-16)27-24(32)15-37(22,34)35)21(13-29-8-7-18(30)12-29)17-3-2-4-19(11-17)36-14-23(26)31/h2-6,9,11,18,21,30H,7-8,10,12-15H2,1H3,(H2,26,31)(H,27,32)/t18-,21+/m0/s1. The van der Waals surface area contributed by atoms with Crippen molar-refractivity contribution in [3.8, 4) is 5.75 Å². The Kier molecular flexibility index (Phi) is 7.81. The number of ether oxygens (including phenoxy) is 1. The van der Waals surface area contributed by atoms with Crippen LogP contribution < -0.4 is 15.8 Å². The van der Waals surface area contributed by atoms with Gasteiger partial charge in [0.2, 0.25) is 11.8 Å². The molecule has 4 N–H and O–H groups in total. The number of hydrogen-bond donors (Lipinski definition) is 3. The van der Waals surface area contributed by atoms with E-state index >= 15 is 0 Å². The van der Waals surface area contributed by atoms with E-state index in [4.69, 9.17) is 10.5 Å². The number of likely N-dealkylation sites (tertiary alicyclic amines) is 1. The van der Waals surface area contributed by atoms with E-state index in [9.17, 15) is 27.9 Å². The number of carbonyl (C=O) groups is 3. The molecule has 0 aliphatic carbocycles. The first-order chi connectivity index (χ1) is 17.5. The van der Waals surface area contributed by atoms with Crippen LogP contribution in [0.2, 0.25) is 0 Å². The highest BCUT2D eigenvalue weighted by molar-refractivity contribution is 7.92. The summed E-state index contributed by atoms with van der Waals surface area (Å²) < 4.78 is 30.0. The Balaban J connectivity index is 1.56. The van der Waals surface area contributed by atoms with Gasteiger partial charge in [-0.2, -0.15) is 0 Å². The number of aliphatic hydroxyl groups is 1. The molecule has 12 heteroatoms. The number of nitrogens with two attached hydrogens (primary N) is 1. The largest absolute Gasteiger partial charge is 0.484 e. The Bertz CT molecular complexity index is 1310. The Morgan fingerprint density at radius 3 is 2.76 bits per heavy atom. The molecule has 198 valence electrons. The van der Waals surface area contributed by atoms with Crippen LogP contribution in [0.15, 0.2) is 47.4 Å². The Hall–Kier alpha value is -3.48. The van der Waals surface area contributed by atoms with Gasteiger partial charge in [0.05, 0.1) is 29.1 Å². The third-order valence-corrected chi connectivity index (χ3v) is 8.16. The van der Waals surface area contributed by atoms with Gasteiger partial charge in [0.15, 0.2) is 16.4 Å². The molecule has 1 saturated heterocycles. The molecule has 0 saturated carbocycles. The fourth-order valence-electron chi connectivity index (χ4n) is 4.61. The molecule has 2 aromatic carbocycles. The second-order valence-electron chi connectivity index (χ2n) is 9.36. The van der Waals surface area contributed by atoms with Gasteiger partial charge in [-0.05, 0) is 41.8 Å². The Labute approximate surface area is 215 Å². The summed E-state index contributed by atoms with van der Waals surface area (Å²) in [7, 11) is -2.03. The molecule has 1 fully saturated rings. The van der Waals surface area contributed by atoms with Gasteiger partial charge in [0.25, 0.3) is 5.91 Å². The third-order valence-electron chi connectivity index (χ3n) is 6.49. The number of sulfone groups is 1. The Morgan fingerprint density at radius 1 is 1.27 bits per heavy atom. The molecule has 0 spiro atoms. The minimum Gasteiger partial charge on any atom is -0.484 e. The van der Waals surface area contributed by atoms with Gasteiger partial charge in [0, 0.05) is 26.7 Å². The van der Waals surface area contributed by atoms with Crippen molar-refractivity contribution >= 4 is 33.2 Å². The van der Waals surface area contributed by atoms with Gasteiger partial charge < -0.3 is 25.8 Å². The molecule has 3 amide bonds. The lowest BCUT2D eigenvalue weighted by molar-refractivity contribution is -0.131. The molecule has 0 radical (unpaired) electrons. The third kappa shape index (κ3) is 6.45. The van der Waals surface area contributed by atoms with E-state index in [0.717, 1.165) is 5.56 Å². The highest BCUT2D eigenvalue weighted by atomic mass is 32.2. The van der Waals surface area contributed by atoms with Gasteiger partial charge in [0.1, 0.15) is 11.5 Å². The topological polar surface area (TPSA) is 159 Å². The smallest absolute Gasteiger partial charge is 0.255 e. The number of benzene rings is 2. The lowest BCUT2D eigenvalue weighted by Crippen LogP contribution is -2.39. The molecule has 2 aliphatic heterocycles.